The number of rotatable bonds is 2. The van der Waals surface area contributed by atoms with Gasteiger partial charge < -0.3 is 4.57 Å². The van der Waals surface area contributed by atoms with Crippen LogP contribution in [0, 0.1) is 0 Å². The fourth-order valence-corrected chi connectivity index (χ4v) is 2.41. The van der Waals surface area contributed by atoms with E-state index in [1.807, 2.05) is 25.5 Å². The summed E-state index contributed by atoms with van der Waals surface area (Å²) in [4.78, 5) is 17.4. The molecular formula is C13H17N3OS. The van der Waals surface area contributed by atoms with Crippen LogP contribution in [0.2, 0.25) is 0 Å². The first-order valence-electron chi connectivity index (χ1n) is 5.77. The van der Waals surface area contributed by atoms with E-state index < -0.39 is 0 Å². The molecule has 0 radical (unpaired) electrons. The summed E-state index contributed by atoms with van der Waals surface area (Å²) in [5.41, 5.74) is 0.688. The first-order valence-corrected chi connectivity index (χ1v) is 6.58. The molecule has 0 aliphatic heterocycles. The standard InChI is InChI=1S/C13H17N3OS/c1-13(2,3)10-8-14-12(18-10)15-11(17)9-6-5-7-16(9)4/h5-8H,1-4H3,(H,14,15,17). The van der Waals surface area contributed by atoms with E-state index in [1.165, 1.54) is 11.3 Å². The Kier molecular flexibility index (Phi) is 3.26. The van der Waals surface area contributed by atoms with Crippen molar-refractivity contribution in [2.75, 3.05) is 5.32 Å². The van der Waals surface area contributed by atoms with Crippen molar-refractivity contribution in [3.63, 3.8) is 0 Å². The van der Waals surface area contributed by atoms with E-state index in [-0.39, 0.29) is 11.3 Å². The second kappa shape index (κ2) is 4.57. The predicted molar refractivity (Wildman–Crippen MR) is 74.2 cm³/mol. The lowest BCUT2D eigenvalue weighted by Crippen LogP contribution is -2.15. The molecule has 0 aromatic carbocycles. The van der Waals surface area contributed by atoms with Gasteiger partial charge in [0.05, 0.1) is 0 Å². The molecule has 18 heavy (non-hydrogen) atoms. The summed E-state index contributed by atoms with van der Waals surface area (Å²) in [5, 5.41) is 3.47. The highest BCUT2D eigenvalue weighted by Gasteiger charge is 2.18. The Morgan fingerprint density at radius 1 is 1.44 bits per heavy atom. The minimum Gasteiger partial charge on any atom is -0.347 e. The molecule has 4 nitrogen and oxygen atoms in total. The van der Waals surface area contributed by atoms with Gasteiger partial charge >= 0.3 is 0 Å². The molecule has 0 saturated carbocycles. The number of carbonyl (C=O) groups is 1. The highest BCUT2D eigenvalue weighted by Crippen LogP contribution is 2.30. The van der Waals surface area contributed by atoms with Crippen molar-refractivity contribution in [1.29, 1.82) is 0 Å². The van der Waals surface area contributed by atoms with E-state index in [0.717, 1.165) is 4.88 Å². The Hall–Kier alpha value is -1.62. The molecule has 0 unspecified atom stereocenters. The molecule has 0 bridgehead atoms. The predicted octanol–water partition coefficient (Wildman–Crippen LogP) is 3.03. The molecule has 96 valence electrons. The molecule has 2 rings (SSSR count). The fourth-order valence-electron chi connectivity index (χ4n) is 1.54. The maximum atomic E-state index is 12.0. The molecule has 0 aliphatic carbocycles. The second-order valence-corrected chi connectivity index (χ2v) is 6.27. The zero-order valence-corrected chi connectivity index (χ0v) is 11.8. The van der Waals surface area contributed by atoms with Gasteiger partial charge in [-0.1, -0.05) is 20.8 Å². The highest BCUT2D eigenvalue weighted by molar-refractivity contribution is 7.15. The number of thiazole rings is 1. The quantitative estimate of drug-likeness (QED) is 0.905. The van der Waals surface area contributed by atoms with Crippen molar-refractivity contribution >= 4 is 22.4 Å². The van der Waals surface area contributed by atoms with Crippen LogP contribution in [-0.2, 0) is 12.5 Å². The first kappa shape index (κ1) is 12.8. The third-order valence-corrected chi connectivity index (χ3v) is 3.98. The third-order valence-electron chi connectivity index (χ3n) is 2.64. The van der Waals surface area contributed by atoms with Crippen molar-refractivity contribution in [3.8, 4) is 0 Å². The van der Waals surface area contributed by atoms with Gasteiger partial charge in [0.15, 0.2) is 5.13 Å². The third kappa shape index (κ3) is 2.61. The van der Waals surface area contributed by atoms with Crippen molar-refractivity contribution in [3.05, 3.63) is 35.1 Å². The average Bonchev–Trinajstić information content (AvgIpc) is 2.85. The molecule has 5 heteroatoms. The first-order chi connectivity index (χ1) is 8.38. The lowest BCUT2D eigenvalue weighted by Gasteiger charge is -2.14. The van der Waals surface area contributed by atoms with Crippen LogP contribution in [0.3, 0.4) is 0 Å². The summed E-state index contributed by atoms with van der Waals surface area (Å²) in [7, 11) is 1.84. The summed E-state index contributed by atoms with van der Waals surface area (Å²) in [6.45, 7) is 6.38. The van der Waals surface area contributed by atoms with Crippen LogP contribution in [0.4, 0.5) is 5.13 Å². The van der Waals surface area contributed by atoms with Crippen LogP contribution >= 0.6 is 11.3 Å². The number of hydrogen-bond donors (Lipinski definition) is 1. The summed E-state index contributed by atoms with van der Waals surface area (Å²) < 4.78 is 1.79. The number of anilines is 1. The summed E-state index contributed by atoms with van der Waals surface area (Å²) in [5.74, 6) is -0.127. The van der Waals surface area contributed by atoms with E-state index in [2.05, 4.69) is 31.1 Å². The van der Waals surface area contributed by atoms with Crippen molar-refractivity contribution in [2.24, 2.45) is 7.05 Å². The van der Waals surface area contributed by atoms with Gasteiger partial charge in [0.25, 0.3) is 5.91 Å². The minimum absolute atomic E-state index is 0.0611. The van der Waals surface area contributed by atoms with E-state index in [9.17, 15) is 4.79 Å². The molecule has 2 aromatic heterocycles. The van der Waals surface area contributed by atoms with Gasteiger partial charge in [-0.15, -0.1) is 11.3 Å². The number of hydrogen-bond acceptors (Lipinski definition) is 3. The van der Waals surface area contributed by atoms with Gasteiger partial charge in [-0.25, -0.2) is 4.98 Å². The summed E-state index contributed by atoms with van der Waals surface area (Å²) in [6, 6.07) is 3.63. The summed E-state index contributed by atoms with van der Waals surface area (Å²) in [6.07, 6.45) is 3.67. The SMILES string of the molecule is Cn1cccc1C(=O)Nc1ncc(C(C)(C)C)s1. The van der Waals surface area contributed by atoms with Crippen LogP contribution in [0.15, 0.2) is 24.5 Å². The van der Waals surface area contributed by atoms with Crippen molar-refractivity contribution in [1.82, 2.24) is 9.55 Å². The Morgan fingerprint density at radius 2 is 2.17 bits per heavy atom. The van der Waals surface area contributed by atoms with Crippen molar-refractivity contribution < 1.29 is 4.79 Å². The lowest BCUT2D eigenvalue weighted by atomic mass is 9.96. The number of aryl methyl sites for hydroxylation is 1. The molecule has 1 amide bonds. The second-order valence-electron chi connectivity index (χ2n) is 5.24. The normalized spacial score (nSPS) is 11.6. The smallest absolute Gasteiger partial charge is 0.274 e. The zero-order chi connectivity index (χ0) is 13.3. The number of nitrogens with zero attached hydrogens (tertiary/aromatic N) is 2. The molecule has 0 saturated heterocycles. The molecule has 2 aromatic rings. The minimum atomic E-state index is -0.127. The van der Waals surface area contributed by atoms with Crippen LogP contribution in [0.1, 0.15) is 36.1 Å². The molecule has 2 heterocycles. The van der Waals surface area contributed by atoms with Gasteiger partial charge in [0.1, 0.15) is 5.69 Å². The van der Waals surface area contributed by atoms with Gasteiger partial charge in [-0.2, -0.15) is 0 Å². The largest absolute Gasteiger partial charge is 0.347 e. The number of nitrogens with one attached hydrogen (secondary N) is 1. The van der Waals surface area contributed by atoms with Crippen LogP contribution in [0.25, 0.3) is 0 Å². The van der Waals surface area contributed by atoms with Gasteiger partial charge in [0.2, 0.25) is 0 Å². The Bertz CT molecular complexity index is 563. The highest BCUT2D eigenvalue weighted by atomic mass is 32.1. The lowest BCUT2D eigenvalue weighted by molar-refractivity contribution is 0.101. The van der Waals surface area contributed by atoms with Crippen LogP contribution in [-0.4, -0.2) is 15.5 Å². The van der Waals surface area contributed by atoms with Crippen molar-refractivity contribution in [2.45, 2.75) is 26.2 Å². The van der Waals surface area contributed by atoms with E-state index in [1.54, 1.807) is 10.6 Å². The molecule has 0 atom stereocenters. The van der Waals surface area contributed by atoms with Gasteiger partial charge in [-0.3, -0.25) is 10.1 Å². The monoisotopic (exact) mass is 263 g/mol. The fraction of sp³-hybridized carbons (Fsp3) is 0.385. The molecule has 0 aliphatic rings. The Labute approximate surface area is 111 Å². The Balaban J connectivity index is 2.13. The van der Waals surface area contributed by atoms with E-state index in [4.69, 9.17) is 0 Å². The van der Waals surface area contributed by atoms with Gasteiger partial charge in [-0.05, 0) is 17.5 Å². The Morgan fingerprint density at radius 3 is 2.67 bits per heavy atom. The number of aromatic nitrogens is 2. The topological polar surface area (TPSA) is 46.9 Å². The molecule has 0 spiro atoms. The number of carbonyl (C=O) groups excluding carboxylic acids is 1. The summed E-state index contributed by atoms with van der Waals surface area (Å²) >= 11 is 1.52. The average molecular weight is 263 g/mol. The molecule has 0 fully saturated rings. The maximum Gasteiger partial charge on any atom is 0.274 e. The van der Waals surface area contributed by atoms with E-state index in [0.29, 0.717) is 10.8 Å². The molecular weight excluding hydrogens is 246 g/mol. The van der Waals surface area contributed by atoms with Crippen LogP contribution in [0.5, 0.6) is 0 Å². The molecule has 1 N–H and O–H groups in total. The van der Waals surface area contributed by atoms with E-state index >= 15 is 0 Å². The number of amides is 1. The maximum absolute atomic E-state index is 12.0. The zero-order valence-electron chi connectivity index (χ0n) is 11.0. The van der Waals surface area contributed by atoms with Gasteiger partial charge in [0, 0.05) is 24.3 Å². The van der Waals surface area contributed by atoms with Crippen LogP contribution < -0.4 is 5.32 Å².